The van der Waals surface area contributed by atoms with Crippen molar-refractivity contribution in [2.24, 2.45) is 0 Å². The van der Waals surface area contributed by atoms with Gasteiger partial charge in [-0.15, -0.1) is 0 Å². The lowest BCUT2D eigenvalue weighted by Gasteiger charge is -2.10. The van der Waals surface area contributed by atoms with Crippen molar-refractivity contribution in [3.05, 3.63) is 46.8 Å². The third-order valence-electron chi connectivity index (χ3n) is 3.65. The predicted octanol–water partition coefficient (Wildman–Crippen LogP) is 3.01. The van der Waals surface area contributed by atoms with E-state index >= 15 is 0 Å². The quantitative estimate of drug-likeness (QED) is 0.913. The molecule has 0 spiro atoms. The smallest absolute Gasteiger partial charge is 0.159 e. The Kier molecular flexibility index (Phi) is 3.30. The van der Waals surface area contributed by atoms with Crippen LogP contribution in [0, 0.1) is 6.92 Å². The Hall–Kier alpha value is -1.74. The number of hydrogen-bond donors (Lipinski definition) is 1. The average Bonchev–Trinajstić information content (AvgIpc) is 2.88. The molecule has 1 N–H and O–H groups in total. The molecule has 1 aliphatic heterocycles. The van der Waals surface area contributed by atoms with Gasteiger partial charge >= 0.3 is 0 Å². The summed E-state index contributed by atoms with van der Waals surface area (Å²) in [6.45, 7) is 6.10. The monoisotopic (exact) mass is 253 g/mol. The van der Waals surface area contributed by atoms with E-state index in [1.54, 1.807) is 0 Å². The summed E-state index contributed by atoms with van der Waals surface area (Å²) >= 11 is 0. The topological polar surface area (TPSA) is 37.8 Å². The molecule has 1 aromatic carbocycles. The molecule has 1 aromatic heterocycles. The molecule has 3 heteroatoms. The number of hydrogen-bond acceptors (Lipinski definition) is 3. The summed E-state index contributed by atoms with van der Waals surface area (Å²) < 4.78 is 0. The zero-order valence-corrected chi connectivity index (χ0v) is 11.5. The lowest BCUT2D eigenvalue weighted by molar-refractivity contribution is 0.753. The van der Waals surface area contributed by atoms with E-state index in [0.29, 0.717) is 0 Å². The number of rotatable bonds is 3. The largest absolute Gasteiger partial charge is 0.307 e. The molecule has 0 fully saturated rings. The summed E-state index contributed by atoms with van der Waals surface area (Å²) in [5.74, 6) is 0.879. The first-order chi connectivity index (χ1) is 9.29. The molecule has 3 nitrogen and oxygen atoms in total. The molecular formula is C16H19N3. The molecule has 2 heterocycles. The molecule has 0 saturated carbocycles. The highest BCUT2D eigenvalue weighted by molar-refractivity contribution is 5.60. The summed E-state index contributed by atoms with van der Waals surface area (Å²) in [7, 11) is 0. The number of fused-ring (bicyclic) bond motifs is 1. The molecule has 0 unspecified atom stereocenters. The maximum absolute atomic E-state index is 4.81. The Morgan fingerprint density at radius 1 is 1.16 bits per heavy atom. The van der Waals surface area contributed by atoms with Crippen molar-refractivity contribution >= 4 is 0 Å². The second-order valence-corrected chi connectivity index (χ2v) is 5.09. The summed E-state index contributed by atoms with van der Waals surface area (Å²) in [5, 5.41) is 3.38. The van der Waals surface area contributed by atoms with Gasteiger partial charge in [-0.3, -0.25) is 0 Å². The van der Waals surface area contributed by atoms with Crippen LogP contribution >= 0.6 is 0 Å². The van der Waals surface area contributed by atoms with E-state index in [0.717, 1.165) is 37.3 Å². The van der Waals surface area contributed by atoms with Gasteiger partial charge in [-0.2, -0.15) is 0 Å². The van der Waals surface area contributed by atoms with E-state index in [4.69, 9.17) is 9.97 Å². The van der Waals surface area contributed by atoms with Crippen LogP contribution in [0.1, 0.15) is 35.9 Å². The zero-order chi connectivity index (χ0) is 13.2. The molecule has 0 bridgehead atoms. The number of nitrogens with one attached hydrogen (secondary N) is 1. The zero-order valence-electron chi connectivity index (χ0n) is 11.5. The first-order valence-electron chi connectivity index (χ1n) is 6.95. The van der Waals surface area contributed by atoms with E-state index in [1.807, 2.05) is 0 Å². The normalized spacial score (nSPS) is 13.6. The van der Waals surface area contributed by atoms with Gasteiger partial charge in [0.15, 0.2) is 5.82 Å². The Balaban J connectivity index is 2.13. The van der Waals surface area contributed by atoms with Gasteiger partial charge in [0.2, 0.25) is 0 Å². The highest BCUT2D eigenvalue weighted by Crippen LogP contribution is 2.25. The van der Waals surface area contributed by atoms with Crippen molar-refractivity contribution in [3.8, 4) is 11.4 Å². The minimum atomic E-state index is 0.869. The molecular weight excluding hydrogens is 234 g/mol. The van der Waals surface area contributed by atoms with Crippen molar-refractivity contribution in [2.75, 3.05) is 0 Å². The van der Waals surface area contributed by atoms with Crippen LogP contribution in [0.15, 0.2) is 24.3 Å². The van der Waals surface area contributed by atoms with Crippen molar-refractivity contribution in [2.45, 2.75) is 39.8 Å². The molecule has 98 valence electrons. The maximum Gasteiger partial charge on any atom is 0.159 e. The number of aryl methyl sites for hydroxylation is 2. The van der Waals surface area contributed by atoms with Gasteiger partial charge in [0.05, 0.1) is 5.69 Å². The second kappa shape index (κ2) is 5.10. The van der Waals surface area contributed by atoms with E-state index < -0.39 is 0 Å². The van der Waals surface area contributed by atoms with Gasteiger partial charge in [-0.05, 0) is 18.9 Å². The fourth-order valence-corrected chi connectivity index (χ4v) is 2.63. The Labute approximate surface area is 114 Å². The van der Waals surface area contributed by atoms with Crippen LogP contribution < -0.4 is 5.32 Å². The summed E-state index contributed by atoms with van der Waals surface area (Å²) in [6.07, 6.45) is 2.15. The molecule has 0 amide bonds. The van der Waals surface area contributed by atoms with Gasteiger partial charge in [-0.1, -0.05) is 37.6 Å². The Morgan fingerprint density at radius 3 is 2.79 bits per heavy atom. The van der Waals surface area contributed by atoms with E-state index in [1.165, 1.54) is 22.5 Å². The molecule has 19 heavy (non-hydrogen) atoms. The first-order valence-corrected chi connectivity index (χ1v) is 6.95. The highest BCUT2D eigenvalue weighted by atomic mass is 15.0. The molecule has 0 saturated heterocycles. The van der Waals surface area contributed by atoms with Gasteiger partial charge < -0.3 is 5.32 Å². The van der Waals surface area contributed by atoms with E-state index in [-0.39, 0.29) is 0 Å². The average molecular weight is 253 g/mol. The van der Waals surface area contributed by atoms with Crippen LogP contribution in [0.2, 0.25) is 0 Å². The van der Waals surface area contributed by atoms with Gasteiger partial charge in [0.25, 0.3) is 0 Å². The molecule has 0 radical (unpaired) electrons. The highest BCUT2D eigenvalue weighted by Gasteiger charge is 2.19. The third-order valence-corrected chi connectivity index (χ3v) is 3.65. The van der Waals surface area contributed by atoms with Gasteiger partial charge in [-0.25, -0.2) is 9.97 Å². The first kappa shape index (κ1) is 12.3. The standard InChI is InChI=1S/C16H19N3/c1-3-6-14-13-9-17-10-15(13)19-16(18-14)12-8-5-4-7-11(12)2/h4-5,7-8,17H,3,6,9-10H2,1-2H3. The van der Waals surface area contributed by atoms with E-state index in [2.05, 4.69) is 43.4 Å². The van der Waals surface area contributed by atoms with Crippen molar-refractivity contribution < 1.29 is 0 Å². The van der Waals surface area contributed by atoms with Crippen LogP contribution in [0.25, 0.3) is 11.4 Å². The van der Waals surface area contributed by atoms with Crippen LogP contribution in [0.4, 0.5) is 0 Å². The van der Waals surface area contributed by atoms with Crippen LogP contribution in [0.3, 0.4) is 0 Å². The predicted molar refractivity (Wildman–Crippen MR) is 76.7 cm³/mol. The Morgan fingerprint density at radius 2 is 2.00 bits per heavy atom. The van der Waals surface area contributed by atoms with E-state index in [9.17, 15) is 0 Å². The Bertz CT molecular complexity index is 605. The number of nitrogens with zero attached hydrogens (tertiary/aromatic N) is 2. The molecule has 0 aliphatic carbocycles. The minimum Gasteiger partial charge on any atom is -0.307 e. The molecule has 3 rings (SSSR count). The van der Waals surface area contributed by atoms with Crippen molar-refractivity contribution in [3.63, 3.8) is 0 Å². The third kappa shape index (κ3) is 2.26. The number of aromatic nitrogens is 2. The summed E-state index contributed by atoms with van der Waals surface area (Å²) in [6, 6.07) is 8.33. The minimum absolute atomic E-state index is 0.869. The second-order valence-electron chi connectivity index (χ2n) is 5.09. The molecule has 2 aromatic rings. The van der Waals surface area contributed by atoms with Gasteiger partial charge in [0.1, 0.15) is 0 Å². The van der Waals surface area contributed by atoms with Crippen LogP contribution in [-0.2, 0) is 19.5 Å². The molecule has 0 atom stereocenters. The lowest BCUT2D eigenvalue weighted by Crippen LogP contribution is -2.04. The summed E-state index contributed by atoms with van der Waals surface area (Å²) in [5.41, 5.74) is 6.09. The van der Waals surface area contributed by atoms with Gasteiger partial charge in [0, 0.05) is 29.9 Å². The fraction of sp³-hybridized carbons (Fsp3) is 0.375. The maximum atomic E-state index is 4.81. The van der Waals surface area contributed by atoms with Crippen molar-refractivity contribution in [1.29, 1.82) is 0 Å². The van der Waals surface area contributed by atoms with Crippen molar-refractivity contribution in [1.82, 2.24) is 15.3 Å². The SMILES string of the molecule is CCCc1nc(-c2ccccc2C)nc2c1CNC2. The lowest BCUT2D eigenvalue weighted by atomic mass is 10.1. The van der Waals surface area contributed by atoms with Crippen LogP contribution in [-0.4, -0.2) is 9.97 Å². The molecule has 1 aliphatic rings. The summed E-state index contributed by atoms with van der Waals surface area (Å²) in [4.78, 5) is 9.57. The van der Waals surface area contributed by atoms with Crippen LogP contribution in [0.5, 0.6) is 0 Å². The fourth-order valence-electron chi connectivity index (χ4n) is 2.63. The number of benzene rings is 1.